The lowest BCUT2D eigenvalue weighted by molar-refractivity contribution is -0.152. The van der Waals surface area contributed by atoms with Crippen LogP contribution in [0, 0.1) is 31.6 Å². The molecule has 1 aromatic rings. The summed E-state index contributed by atoms with van der Waals surface area (Å²) >= 11 is 0. The topological polar surface area (TPSA) is 86.7 Å². The molecule has 6 heteroatoms. The number of fused-ring (bicyclic) bond motifs is 1. The molecule has 2 aliphatic heterocycles. The van der Waals surface area contributed by atoms with Crippen molar-refractivity contribution in [3.05, 3.63) is 34.9 Å². The van der Waals surface area contributed by atoms with Crippen LogP contribution in [0.15, 0.2) is 18.2 Å². The van der Waals surface area contributed by atoms with Crippen molar-refractivity contribution in [1.82, 2.24) is 10.2 Å². The molecule has 0 saturated carbocycles. The molecule has 158 valence electrons. The van der Waals surface area contributed by atoms with Gasteiger partial charge in [-0.3, -0.25) is 24.6 Å². The van der Waals surface area contributed by atoms with Gasteiger partial charge in [0.25, 0.3) is 0 Å². The highest BCUT2D eigenvalue weighted by atomic mass is 16.4. The second-order valence-corrected chi connectivity index (χ2v) is 9.04. The first kappa shape index (κ1) is 21.5. The molecule has 3 rings (SSSR count). The maximum atomic E-state index is 13.4. The minimum atomic E-state index is -1.44. The van der Waals surface area contributed by atoms with Gasteiger partial charge < -0.3 is 5.11 Å². The summed E-state index contributed by atoms with van der Waals surface area (Å²) in [4.78, 5) is 40.6. The summed E-state index contributed by atoms with van der Waals surface area (Å²) in [7, 11) is 0. The Bertz CT molecular complexity index is 834. The molecule has 2 aliphatic rings. The number of hydrogen-bond donors (Lipinski definition) is 2. The average molecular weight is 401 g/mol. The van der Waals surface area contributed by atoms with E-state index in [1.54, 1.807) is 0 Å². The number of rotatable bonds is 7. The molecule has 4 unspecified atom stereocenters. The number of amides is 2. The standard InChI is InChI=1S/C23H32N2O4/c1-6-7-10-25-20(26)17-18(21(25)27)23(22(28)29,12-13(2)3)24-19(17)16-11-14(4)8-9-15(16)5/h8-9,11,13,17-19,24H,6-7,10,12H2,1-5H3,(H,28,29). The van der Waals surface area contributed by atoms with Gasteiger partial charge in [-0.1, -0.05) is 51.0 Å². The zero-order valence-corrected chi connectivity index (χ0v) is 18.0. The van der Waals surface area contributed by atoms with E-state index < -0.39 is 29.4 Å². The van der Waals surface area contributed by atoms with Gasteiger partial charge in [-0.15, -0.1) is 0 Å². The van der Waals surface area contributed by atoms with E-state index in [2.05, 4.69) is 5.32 Å². The number of nitrogens with one attached hydrogen (secondary N) is 1. The quantitative estimate of drug-likeness (QED) is 0.686. The van der Waals surface area contributed by atoms with E-state index in [0.29, 0.717) is 13.0 Å². The van der Waals surface area contributed by atoms with Crippen molar-refractivity contribution in [2.24, 2.45) is 17.8 Å². The third-order valence-corrected chi connectivity index (χ3v) is 6.36. The average Bonchev–Trinajstić information content (AvgIpc) is 3.10. The predicted molar refractivity (Wildman–Crippen MR) is 110 cm³/mol. The highest BCUT2D eigenvalue weighted by molar-refractivity contribution is 6.09. The van der Waals surface area contributed by atoms with Crippen molar-refractivity contribution < 1.29 is 19.5 Å². The number of imide groups is 1. The summed E-state index contributed by atoms with van der Waals surface area (Å²) in [6, 6.07) is 5.50. The summed E-state index contributed by atoms with van der Waals surface area (Å²) in [5.74, 6) is -3.13. The van der Waals surface area contributed by atoms with Gasteiger partial charge in [0.1, 0.15) is 5.54 Å². The number of benzene rings is 1. The number of carbonyl (C=O) groups excluding carboxylic acids is 2. The number of likely N-dealkylation sites (tertiary alicyclic amines) is 1. The molecule has 0 spiro atoms. The first-order valence-electron chi connectivity index (χ1n) is 10.6. The van der Waals surface area contributed by atoms with Gasteiger partial charge in [0.2, 0.25) is 11.8 Å². The van der Waals surface area contributed by atoms with E-state index >= 15 is 0 Å². The minimum Gasteiger partial charge on any atom is -0.480 e. The van der Waals surface area contributed by atoms with Crippen molar-refractivity contribution in [2.75, 3.05) is 6.54 Å². The Morgan fingerprint density at radius 3 is 2.52 bits per heavy atom. The molecule has 0 bridgehead atoms. The summed E-state index contributed by atoms with van der Waals surface area (Å²) in [6.45, 7) is 10.2. The lowest BCUT2D eigenvalue weighted by atomic mass is 9.75. The molecule has 2 N–H and O–H groups in total. The first-order valence-corrected chi connectivity index (χ1v) is 10.6. The number of carboxylic acids is 1. The highest BCUT2D eigenvalue weighted by Crippen LogP contribution is 2.51. The zero-order chi connectivity index (χ0) is 21.5. The fourth-order valence-corrected chi connectivity index (χ4v) is 5.08. The maximum Gasteiger partial charge on any atom is 0.324 e. The third-order valence-electron chi connectivity index (χ3n) is 6.36. The Labute approximate surface area is 172 Å². The van der Waals surface area contributed by atoms with Crippen LogP contribution in [0.2, 0.25) is 0 Å². The van der Waals surface area contributed by atoms with Crippen molar-refractivity contribution in [3.8, 4) is 0 Å². The van der Waals surface area contributed by atoms with Gasteiger partial charge in [0.05, 0.1) is 11.8 Å². The number of nitrogens with zero attached hydrogens (tertiary/aromatic N) is 1. The van der Waals surface area contributed by atoms with Crippen molar-refractivity contribution in [2.45, 2.75) is 65.5 Å². The Morgan fingerprint density at radius 1 is 1.24 bits per heavy atom. The van der Waals surface area contributed by atoms with Gasteiger partial charge >= 0.3 is 5.97 Å². The van der Waals surface area contributed by atoms with Crippen LogP contribution >= 0.6 is 0 Å². The fraction of sp³-hybridized carbons (Fsp3) is 0.609. The molecular weight excluding hydrogens is 368 g/mol. The van der Waals surface area contributed by atoms with Crippen LogP contribution < -0.4 is 5.32 Å². The van der Waals surface area contributed by atoms with Gasteiger partial charge in [0, 0.05) is 12.6 Å². The second-order valence-electron chi connectivity index (χ2n) is 9.04. The van der Waals surface area contributed by atoms with Crippen LogP contribution in [0.1, 0.15) is 62.8 Å². The molecule has 2 fully saturated rings. The van der Waals surface area contributed by atoms with E-state index in [1.165, 1.54) is 4.90 Å². The number of carbonyl (C=O) groups is 3. The Kier molecular flexibility index (Phi) is 5.86. The van der Waals surface area contributed by atoms with Gasteiger partial charge in [0.15, 0.2) is 0 Å². The van der Waals surface area contributed by atoms with Crippen molar-refractivity contribution in [1.29, 1.82) is 0 Å². The van der Waals surface area contributed by atoms with E-state index in [1.807, 2.05) is 52.8 Å². The SMILES string of the molecule is CCCCN1C(=O)C2C(c3cc(C)ccc3C)NC(CC(C)C)(C(=O)O)C2C1=O. The summed E-state index contributed by atoms with van der Waals surface area (Å²) in [6.07, 6.45) is 1.88. The molecule has 2 heterocycles. The predicted octanol–water partition coefficient (Wildman–Crippen LogP) is 3.22. The van der Waals surface area contributed by atoms with E-state index in [4.69, 9.17) is 0 Å². The smallest absolute Gasteiger partial charge is 0.324 e. The van der Waals surface area contributed by atoms with Crippen molar-refractivity contribution in [3.63, 3.8) is 0 Å². The van der Waals surface area contributed by atoms with Crippen LogP contribution in [0.3, 0.4) is 0 Å². The molecule has 2 amide bonds. The molecule has 0 aliphatic carbocycles. The molecule has 4 atom stereocenters. The monoisotopic (exact) mass is 400 g/mol. The van der Waals surface area contributed by atoms with Gasteiger partial charge in [-0.05, 0) is 43.7 Å². The fourth-order valence-electron chi connectivity index (χ4n) is 5.08. The number of unbranched alkanes of at least 4 members (excludes halogenated alkanes) is 1. The normalized spacial score (nSPS) is 29.0. The van der Waals surface area contributed by atoms with E-state index in [-0.39, 0.29) is 17.7 Å². The Morgan fingerprint density at radius 2 is 1.93 bits per heavy atom. The molecule has 29 heavy (non-hydrogen) atoms. The van der Waals surface area contributed by atoms with E-state index in [9.17, 15) is 19.5 Å². The second kappa shape index (κ2) is 7.90. The van der Waals surface area contributed by atoms with Crippen LogP contribution in [0.4, 0.5) is 0 Å². The summed E-state index contributed by atoms with van der Waals surface area (Å²) < 4.78 is 0. The van der Waals surface area contributed by atoms with Crippen LogP contribution in [0.25, 0.3) is 0 Å². The van der Waals surface area contributed by atoms with Crippen molar-refractivity contribution >= 4 is 17.8 Å². The Balaban J connectivity index is 2.15. The van der Waals surface area contributed by atoms with Crippen LogP contribution in [-0.4, -0.2) is 39.9 Å². The maximum absolute atomic E-state index is 13.4. The Hall–Kier alpha value is -2.21. The van der Waals surface area contributed by atoms with Gasteiger partial charge in [-0.2, -0.15) is 0 Å². The lowest BCUT2D eigenvalue weighted by Crippen LogP contribution is -2.56. The number of carboxylic acid groups (broad SMARTS) is 1. The first-order chi connectivity index (χ1) is 13.6. The molecule has 2 saturated heterocycles. The lowest BCUT2D eigenvalue weighted by Gasteiger charge is -2.32. The minimum absolute atomic E-state index is 0.0594. The molecule has 0 radical (unpaired) electrons. The highest BCUT2D eigenvalue weighted by Gasteiger charge is 2.68. The largest absolute Gasteiger partial charge is 0.480 e. The number of hydrogen-bond acceptors (Lipinski definition) is 4. The van der Waals surface area contributed by atoms with Crippen LogP contribution in [-0.2, 0) is 14.4 Å². The number of aliphatic carboxylic acids is 1. The van der Waals surface area contributed by atoms with Crippen LogP contribution in [0.5, 0.6) is 0 Å². The third kappa shape index (κ3) is 3.48. The molecule has 6 nitrogen and oxygen atoms in total. The van der Waals surface area contributed by atoms with E-state index in [0.717, 1.165) is 29.5 Å². The molecule has 1 aromatic carbocycles. The zero-order valence-electron chi connectivity index (χ0n) is 18.0. The number of aryl methyl sites for hydroxylation is 2. The summed E-state index contributed by atoms with van der Waals surface area (Å²) in [5.41, 5.74) is 1.50. The van der Waals surface area contributed by atoms with Gasteiger partial charge in [-0.25, -0.2) is 0 Å². The molecular formula is C23H32N2O4. The summed E-state index contributed by atoms with van der Waals surface area (Å²) in [5, 5.41) is 13.6. The molecule has 0 aromatic heterocycles.